The van der Waals surface area contributed by atoms with Gasteiger partial charge in [-0.05, 0) is 49.6 Å². The maximum atomic E-state index is 12.6. The van der Waals surface area contributed by atoms with Crippen LogP contribution in [0.3, 0.4) is 0 Å². The van der Waals surface area contributed by atoms with Crippen LogP contribution in [0.1, 0.15) is 56.5 Å². The number of carbonyl (C=O) groups is 1. The number of hydrogen-bond donors (Lipinski definition) is 1. The van der Waals surface area contributed by atoms with Gasteiger partial charge in [-0.25, -0.2) is 0 Å². The first kappa shape index (κ1) is 22.4. The van der Waals surface area contributed by atoms with Crippen molar-refractivity contribution in [3.8, 4) is 5.75 Å². The van der Waals surface area contributed by atoms with Gasteiger partial charge in [0.1, 0.15) is 11.6 Å². The Kier molecular flexibility index (Phi) is 7.82. The van der Waals surface area contributed by atoms with Crippen LogP contribution in [-0.4, -0.2) is 33.0 Å². The third kappa shape index (κ3) is 5.91. The molecule has 0 bridgehead atoms. The number of thioether (sulfide) groups is 1. The number of ether oxygens (including phenoxy) is 1. The first-order chi connectivity index (χ1) is 15.7. The highest BCUT2D eigenvalue weighted by Gasteiger charge is 2.23. The molecule has 0 unspecified atom stereocenters. The van der Waals surface area contributed by atoms with Crippen LogP contribution in [0.2, 0.25) is 0 Å². The van der Waals surface area contributed by atoms with Crippen molar-refractivity contribution in [2.75, 3.05) is 17.7 Å². The molecule has 1 N–H and O–H groups in total. The molecular weight excluding hydrogens is 420 g/mol. The average Bonchev–Trinajstić information content (AvgIpc) is 3.23. The summed E-state index contributed by atoms with van der Waals surface area (Å²) in [5, 5.41) is 12.8. The van der Waals surface area contributed by atoms with Gasteiger partial charge in [0.25, 0.3) is 0 Å². The molecule has 0 radical (unpaired) electrons. The van der Waals surface area contributed by atoms with Gasteiger partial charge in [-0.15, -0.1) is 10.2 Å². The average molecular weight is 451 g/mol. The van der Waals surface area contributed by atoms with Crippen LogP contribution in [0.5, 0.6) is 5.75 Å². The number of nitrogens with one attached hydrogen (secondary N) is 1. The van der Waals surface area contributed by atoms with Crippen molar-refractivity contribution < 1.29 is 9.53 Å². The number of rotatable bonds is 9. The van der Waals surface area contributed by atoms with Crippen molar-refractivity contribution in [3.63, 3.8) is 0 Å². The molecule has 0 spiro atoms. The summed E-state index contributed by atoms with van der Waals surface area (Å²) in [6.07, 6.45) is 6.80. The molecule has 7 heteroatoms. The van der Waals surface area contributed by atoms with Gasteiger partial charge >= 0.3 is 0 Å². The van der Waals surface area contributed by atoms with E-state index in [-0.39, 0.29) is 5.91 Å². The number of benzene rings is 2. The lowest BCUT2D eigenvalue weighted by molar-refractivity contribution is -0.113. The number of aromatic nitrogens is 3. The van der Waals surface area contributed by atoms with E-state index in [1.165, 1.54) is 36.6 Å². The van der Waals surface area contributed by atoms with E-state index in [0.717, 1.165) is 41.7 Å². The molecule has 6 nitrogen and oxygen atoms in total. The van der Waals surface area contributed by atoms with E-state index in [0.29, 0.717) is 18.4 Å². The van der Waals surface area contributed by atoms with Gasteiger partial charge in [-0.3, -0.25) is 4.79 Å². The van der Waals surface area contributed by atoms with Crippen molar-refractivity contribution >= 4 is 23.4 Å². The van der Waals surface area contributed by atoms with E-state index in [9.17, 15) is 4.79 Å². The molecule has 1 aliphatic carbocycles. The van der Waals surface area contributed by atoms with E-state index in [1.807, 2.05) is 37.3 Å². The molecule has 3 aromatic rings. The van der Waals surface area contributed by atoms with Crippen molar-refractivity contribution in [1.82, 2.24) is 14.8 Å². The smallest absolute Gasteiger partial charge is 0.234 e. The zero-order chi connectivity index (χ0) is 22.2. The first-order valence-corrected chi connectivity index (χ1v) is 12.3. The Labute approximate surface area is 193 Å². The quantitative estimate of drug-likeness (QED) is 0.436. The van der Waals surface area contributed by atoms with Crippen molar-refractivity contribution in [2.24, 2.45) is 0 Å². The Morgan fingerprint density at radius 1 is 1.06 bits per heavy atom. The zero-order valence-electron chi connectivity index (χ0n) is 18.5. The van der Waals surface area contributed by atoms with Crippen molar-refractivity contribution in [2.45, 2.75) is 56.6 Å². The van der Waals surface area contributed by atoms with E-state index in [4.69, 9.17) is 4.74 Å². The second kappa shape index (κ2) is 11.2. The lowest BCUT2D eigenvalue weighted by atomic mass is 9.95. The van der Waals surface area contributed by atoms with Gasteiger partial charge < -0.3 is 14.6 Å². The third-order valence-corrected chi connectivity index (χ3v) is 6.60. The van der Waals surface area contributed by atoms with Crippen molar-refractivity contribution in [1.29, 1.82) is 0 Å². The van der Waals surface area contributed by atoms with Gasteiger partial charge in [-0.2, -0.15) is 0 Å². The fraction of sp³-hybridized carbons (Fsp3) is 0.400. The van der Waals surface area contributed by atoms with Gasteiger partial charge in [0.05, 0.1) is 12.4 Å². The maximum absolute atomic E-state index is 12.6. The summed E-state index contributed by atoms with van der Waals surface area (Å²) >= 11 is 1.46. The summed E-state index contributed by atoms with van der Waals surface area (Å²) in [5.41, 5.74) is 1.99. The van der Waals surface area contributed by atoms with Crippen LogP contribution >= 0.6 is 11.8 Å². The number of amides is 1. The number of anilines is 1. The molecule has 1 heterocycles. The summed E-state index contributed by atoms with van der Waals surface area (Å²) in [5.74, 6) is 2.02. The van der Waals surface area contributed by atoms with Crippen LogP contribution in [-0.2, 0) is 11.2 Å². The topological polar surface area (TPSA) is 69.0 Å². The molecule has 0 aliphatic heterocycles. The summed E-state index contributed by atoms with van der Waals surface area (Å²) in [6, 6.07) is 18.2. The van der Waals surface area contributed by atoms with Gasteiger partial charge in [0, 0.05) is 18.2 Å². The van der Waals surface area contributed by atoms with Gasteiger partial charge in [0.2, 0.25) is 5.91 Å². The molecule has 1 amide bonds. The lowest BCUT2D eigenvalue weighted by Crippen LogP contribution is -2.18. The highest BCUT2D eigenvalue weighted by atomic mass is 32.2. The minimum Gasteiger partial charge on any atom is -0.494 e. The maximum Gasteiger partial charge on any atom is 0.234 e. The molecule has 0 atom stereocenters. The molecule has 2 aromatic carbocycles. The van der Waals surface area contributed by atoms with Crippen LogP contribution in [0.15, 0.2) is 59.8 Å². The second-order valence-corrected chi connectivity index (χ2v) is 8.96. The molecule has 1 aliphatic rings. The van der Waals surface area contributed by atoms with E-state index >= 15 is 0 Å². The summed E-state index contributed by atoms with van der Waals surface area (Å²) in [6.45, 7) is 2.57. The number of nitrogens with zero attached hydrogens (tertiary/aromatic N) is 3. The van der Waals surface area contributed by atoms with E-state index < -0.39 is 0 Å². The van der Waals surface area contributed by atoms with Crippen LogP contribution < -0.4 is 10.1 Å². The number of hydrogen-bond acceptors (Lipinski definition) is 5. The summed E-state index contributed by atoms with van der Waals surface area (Å²) in [7, 11) is 0. The Balaban J connectivity index is 1.43. The number of carbonyl (C=O) groups excluding carboxylic acids is 1. The Hall–Kier alpha value is -2.80. The Bertz CT molecular complexity index is 999. The summed E-state index contributed by atoms with van der Waals surface area (Å²) in [4.78, 5) is 12.6. The largest absolute Gasteiger partial charge is 0.494 e. The standard InChI is InChI=1S/C25H30N4O2S/c1-2-31-22-15-13-20(14-16-22)26-24(30)18-32-25-28-27-23(17-19-9-5-3-6-10-19)29(25)21-11-7-4-8-12-21/h3,5-6,9-10,13-16,21H,2,4,7-8,11-12,17-18H2,1H3,(H,26,30). The molecule has 168 valence electrons. The minimum atomic E-state index is -0.0537. The van der Waals surface area contributed by atoms with Crippen molar-refractivity contribution in [3.05, 3.63) is 66.0 Å². The first-order valence-electron chi connectivity index (χ1n) is 11.4. The third-order valence-electron chi connectivity index (χ3n) is 5.66. The van der Waals surface area contributed by atoms with Gasteiger partial charge in [0.15, 0.2) is 5.16 Å². The van der Waals surface area contributed by atoms with Gasteiger partial charge in [-0.1, -0.05) is 61.4 Å². The molecular formula is C25H30N4O2S. The van der Waals surface area contributed by atoms with E-state index in [1.54, 1.807) is 0 Å². The van der Waals surface area contributed by atoms with Crippen LogP contribution in [0.25, 0.3) is 0 Å². The fourth-order valence-corrected chi connectivity index (χ4v) is 4.96. The molecule has 32 heavy (non-hydrogen) atoms. The Morgan fingerprint density at radius 2 is 1.81 bits per heavy atom. The molecule has 1 fully saturated rings. The summed E-state index contributed by atoms with van der Waals surface area (Å²) < 4.78 is 7.74. The monoisotopic (exact) mass is 450 g/mol. The predicted molar refractivity (Wildman–Crippen MR) is 128 cm³/mol. The molecule has 1 aromatic heterocycles. The zero-order valence-corrected chi connectivity index (χ0v) is 19.3. The fourth-order valence-electron chi connectivity index (χ4n) is 4.14. The molecule has 4 rings (SSSR count). The predicted octanol–water partition coefficient (Wildman–Crippen LogP) is 5.50. The Morgan fingerprint density at radius 3 is 2.53 bits per heavy atom. The minimum absolute atomic E-state index is 0.0537. The SMILES string of the molecule is CCOc1ccc(NC(=O)CSc2nnc(Cc3ccccc3)n2C2CCCCC2)cc1. The second-order valence-electron chi connectivity index (χ2n) is 8.02. The lowest BCUT2D eigenvalue weighted by Gasteiger charge is -2.25. The highest BCUT2D eigenvalue weighted by molar-refractivity contribution is 7.99. The van der Waals surface area contributed by atoms with Crippen LogP contribution in [0.4, 0.5) is 5.69 Å². The van der Waals surface area contributed by atoms with E-state index in [2.05, 4.69) is 44.3 Å². The molecule has 1 saturated carbocycles. The normalized spacial score (nSPS) is 14.3. The van der Waals surface area contributed by atoms with Crippen LogP contribution in [0, 0.1) is 0 Å². The highest BCUT2D eigenvalue weighted by Crippen LogP contribution is 2.33. The molecule has 0 saturated heterocycles.